The van der Waals surface area contributed by atoms with Crippen molar-refractivity contribution in [3.05, 3.63) is 52.3 Å². The minimum atomic E-state index is -0.484. The maximum Gasteiger partial charge on any atom is 0.328 e. The molecular weight excluding hydrogens is 432 g/mol. The number of aromatic nitrogens is 3. The summed E-state index contributed by atoms with van der Waals surface area (Å²) in [7, 11) is 1.41. The van der Waals surface area contributed by atoms with Gasteiger partial charge in [0.2, 0.25) is 0 Å². The maximum absolute atomic E-state index is 12.3. The SMILES string of the molecule is CN1C(=O)N/C(=C\c2cnn3c(NC4CC4)cc(Nc4ccc(C#N)c(Cl)c4)nc23)C1=O. The third kappa shape index (κ3) is 3.59. The van der Waals surface area contributed by atoms with Gasteiger partial charge < -0.3 is 16.0 Å². The van der Waals surface area contributed by atoms with Gasteiger partial charge in [0.15, 0.2) is 5.65 Å². The highest BCUT2D eigenvalue weighted by molar-refractivity contribution is 6.32. The Kier molecular flexibility index (Phi) is 4.68. The van der Waals surface area contributed by atoms with Gasteiger partial charge in [-0.3, -0.25) is 9.69 Å². The van der Waals surface area contributed by atoms with Crippen LogP contribution in [0, 0.1) is 11.3 Å². The number of nitriles is 1. The smallest absolute Gasteiger partial charge is 0.328 e. The van der Waals surface area contributed by atoms with E-state index in [9.17, 15) is 9.59 Å². The van der Waals surface area contributed by atoms with Gasteiger partial charge in [0.25, 0.3) is 5.91 Å². The molecule has 5 rings (SSSR count). The van der Waals surface area contributed by atoms with Gasteiger partial charge >= 0.3 is 6.03 Å². The third-order valence-electron chi connectivity index (χ3n) is 5.17. The molecule has 0 radical (unpaired) electrons. The molecule has 1 aliphatic heterocycles. The zero-order chi connectivity index (χ0) is 22.4. The highest BCUT2D eigenvalue weighted by Gasteiger charge is 2.30. The van der Waals surface area contributed by atoms with Crippen LogP contribution in [0.5, 0.6) is 0 Å². The third-order valence-corrected chi connectivity index (χ3v) is 5.48. The van der Waals surface area contributed by atoms with Crippen molar-refractivity contribution in [2.24, 2.45) is 0 Å². The normalized spacial score (nSPS) is 17.0. The van der Waals surface area contributed by atoms with E-state index in [1.54, 1.807) is 35.0 Å². The number of hydrogen-bond donors (Lipinski definition) is 3. The largest absolute Gasteiger partial charge is 0.367 e. The molecule has 3 N–H and O–H groups in total. The summed E-state index contributed by atoms with van der Waals surface area (Å²) >= 11 is 6.15. The van der Waals surface area contributed by atoms with E-state index in [2.05, 4.69) is 26.0 Å². The number of halogens is 1. The lowest BCUT2D eigenvalue weighted by atomic mass is 10.2. The topological polar surface area (TPSA) is 127 Å². The molecule has 3 heterocycles. The number of likely N-dealkylation sites (N-methyl/N-ethyl adjacent to an activating group) is 1. The standard InChI is InChI=1S/C21H17ClN8O2/c1-29-20(31)16(27-21(29)32)6-12-10-24-30-18(26-13-4-5-13)8-17(28-19(12)30)25-14-3-2-11(9-23)15(22)7-14/h2-3,6-8,10,13,26H,4-5H2,1H3,(H,25,28)(H,27,32)/b16-6-. The lowest BCUT2D eigenvalue weighted by molar-refractivity contribution is -0.121. The molecule has 1 saturated carbocycles. The summed E-state index contributed by atoms with van der Waals surface area (Å²) in [6, 6.07) is 8.78. The molecule has 3 aromatic rings. The Labute approximate surface area is 187 Å². The van der Waals surface area contributed by atoms with Gasteiger partial charge in [-0.15, -0.1) is 0 Å². The fourth-order valence-electron chi connectivity index (χ4n) is 3.30. The number of nitrogens with zero attached hydrogens (tertiary/aromatic N) is 5. The second-order valence-corrected chi connectivity index (χ2v) is 7.97. The summed E-state index contributed by atoms with van der Waals surface area (Å²) in [4.78, 5) is 29.7. The molecule has 1 aromatic carbocycles. The first-order valence-corrected chi connectivity index (χ1v) is 10.2. The molecule has 0 bridgehead atoms. The van der Waals surface area contributed by atoms with Gasteiger partial charge in [0.1, 0.15) is 23.4 Å². The Balaban J connectivity index is 1.56. The number of amides is 3. The highest BCUT2D eigenvalue weighted by atomic mass is 35.5. The van der Waals surface area contributed by atoms with Crippen LogP contribution in [0.2, 0.25) is 5.02 Å². The van der Waals surface area contributed by atoms with Crippen molar-refractivity contribution in [3.63, 3.8) is 0 Å². The number of imide groups is 1. The first kappa shape index (κ1) is 19.8. The van der Waals surface area contributed by atoms with E-state index >= 15 is 0 Å². The minimum absolute atomic E-state index is 0.156. The summed E-state index contributed by atoms with van der Waals surface area (Å²) < 4.78 is 1.66. The van der Waals surface area contributed by atoms with Crippen molar-refractivity contribution >= 4 is 52.6 Å². The molecule has 11 heteroatoms. The van der Waals surface area contributed by atoms with E-state index in [1.807, 2.05) is 12.1 Å². The monoisotopic (exact) mass is 448 g/mol. The van der Waals surface area contributed by atoms with Crippen LogP contribution in [0.4, 0.5) is 22.1 Å². The van der Waals surface area contributed by atoms with Gasteiger partial charge in [-0.1, -0.05) is 11.6 Å². The molecule has 0 atom stereocenters. The quantitative estimate of drug-likeness (QED) is 0.404. The van der Waals surface area contributed by atoms with Crippen LogP contribution in [0.15, 0.2) is 36.2 Å². The van der Waals surface area contributed by atoms with E-state index in [0.717, 1.165) is 23.6 Å². The van der Waals surface area contributed by atoms with E-state index < -0.39 is 11.9 Å². The van der Waals surface area contributed by atoms with Crippen LogP contribution >= 0.6 is 11.6 Å². The molecular formula is C21H17ClN8O2. The van der Waals surface area contributed by atoms with Crippen molar-refractivity contribution in [2.45, 2.75) is 18.9 Å². The van der Waals surface area contributed by atoms with Crippen molar-refractivity contribution < 1.29 is 9.59 Å². The molecule has 160 valence electrons. The fraction of sp³-hybridized carbons (Fsp3) is 0.190. The number of carbonyl (C=O) groups is 2. The molecule has 1 aliphatic carbocycles. The number of urea groups is 1. The van der Waals surface area contributed by atoms with Crippen LogP contribution in [0.1, 0.15) is 24.0 Å². The maximum atomic E-state index is 12.3. The van der Waals surface area contributed by atoms with Gasteiger partial charge in [-0.25, -0.2) is 9.78 Å². The number of anilines is 3. The number of benzene rings is 1. The molecule has 2 aromatic heterocycles. The Bertz CT molecular complexity index is 1350. The number of rotatable bonds is 5. The van der Waals surface area contributed by atoms with Crippen LogP contribution in [0.25, 0.3) is 11.7 Å². The predicted molar refractivity (Wildman–Crippen MR) is 118 cm³/mol. The number of fused-ring (bicyclic) bond motifs is 1. The molecule has 0 unspecified atom stereocenters. The Hall–Kier alpha value is -4.10. The summed E-state index contributed by atoms with van der Waals surface area (Å²) in [6.07, 6.45) is 5.29. The molecule has 2 aliphatic rings. The average molecular weight is 449 g/mol. The van der Waals surface area contributed by atoms with Crippen molar-refractivity contribution in [3.8, 4) is 6.07 Å². The van der Waals surface area contributed by atoms with Gasteiger partial charge in [-0.2, -0.15) is 14.9 Å². The molecule has 0 spiro atoms. The Morgan fingerprint density at radius 2 is 2.12 bits per heavy atom. The number of carbonyl (C=O) groups excluding carboxylic acids is 2. The summed E-state index contributed by atoms with van der Waals surface area (Å²) in [5.74, 6) is 0.843. The Morgan fingerprint density at radius 1 is 1.31 bits per heavy atom. The molecule has 10 nitrogen and oxygen atoms in total. The second kappa shape index (κ2) is 7.55. The zero-order valence-electron chi connectivity index (χ0n) is 16.9. The van der Waals surface area contributed by atoms with Crippen LogP contribution in [-0.2, 0) is 4.79 Å². The fourth-order valence-corrected chi connectivity index (χ4v) is 3.52. The highest BCUT2D eigenvalue weighted by Crippen LogP contribution is 2.29. The second-order valence-electron chi connectivity index (χ2n) is 7.56. The summed E-state index contributed by atoms with van der Waals surface area (Å²) in [5, 5.41) is 23.0. The average Bonchev–Trinajstić information content (AvgIpc) is 3.45. The zero-order valence-corrected chi connectivity index (χ0v) is 17.6. The first-order chi connectivity index (χ1) is 15.4. The van der Waals surface area contributed by atoms with Crippen LogP contribution in [-0.4, -0.2) is 44.5 Å². The van der Waals surface area contributed by atoms with E-state index in [0.29, 0.717) is 39.3 Å². The van der Waals surface area contributed by atoms with Gasteiger partial charge in [-0.05, 0) is 37.1 Å². The molecule has 1 saturated heterocycles. The van der Waals surface area contributed by atoms with Gasteiger partial charge in [0.05, 0.1) is 16.8 Å². The van der Waals surface area contributed by atoms with Gasteiger partial charge in [0, 0.05) is 30.4 Å². The predicted octanol–water partition coefficient (Wildman–Crippen LogP) is 3.09. The van der Waals surface area contributed by atoms with Crippen molar-refractivity contribution in [1.29, 1.82) is 5.26 Å². The van der Waals surface area contributed by atoms with E-state index in [-0.39, 0.29) is 5.70 Å². The molecule has 32 heavy (non-hydrogen) atoms. The number of hydrogen-bond acceptors (Lipinski definition) is 7. The number of nitrogens with one attached hydrogen (secondary N) is 3. The Morgan fingerprint density at radius 3 is 2.78 bits per heavy atom. The molecule has 2 fully saturated rings. The van der Waals surface area contributed by atoms with Crippen LogP contribution in [0.3, 0.4) is 0 Å². The van der Waals surface area contributed by atoms with Crippen LogP contribution < -0.4 is 16.0 Å². The lowest BCUT2D eigenvalue weighted by Gasteiger charge is -2.12. The summed E-state index contributed by atoms with van der Waals surface area (Å²) in [5.41, 5.74) is 2.28. The minimum Gasteiger partial charge on any atom is -0.367 e. The van der Waals surface area contributed by atoms with Crippen molar-refractivity contribution in [1.82, 2.24) is 24.8 Å². The van der Waals surface area contributed by atoms with E-state index in [1.165, 1.54) is 7.05 Å². The van der Waals surface area contributed by atoms with Crippen molar-refractivity contribution in [2.75, 3.05) is 17.7 Å². The lowest BCUT2D eigenvalue weighted by Crippen LogP contribution is -2.25. The van der Waals surface area contributed by atoms with E-state index in [4.69, 9.17) is 16.9 Å². The first-order valence-electron chi connectivity index (χ1n) is 9.85. The molecule has 3 amide bonds. The summed E-state index contributed by atoms with van der Waals surface area (Å²) in [6.45, 7) is 0.